The first-order valence-corrected chi connectivity index (χ1v) is 7.29. The Labute approximate surface area is 123 Å². The van der Waals surface area contributed by atoms with E-state index in [0.717, 1.165) is 25.3 Å². The molecule has 0 radical (unpaired) electrons. The maximum Gasteiger partial charge on any atom is 0.220 e. The predicted octanol–water partition coefficient (Wildman–Crippen LogP) is 2.56. The summed E-state index contributed by atoms with van der Waals surface area (Å²) in [5.41, 5.74) is -0.0683. The van der Waals surface area contributed by atoms with E-state index in [1.54, 1.807) is 0 Å². The highest BCUT2D eigenvalue weighted by Gasteiger charge is 2.38. The van der Waals surface area contributed by atoms with E-state index < -0.39 is 11.6 Å². The van der Waals surface area contributed by atoms with Gasteiger partial charge in [0.05, 0.1) is 6.61 Å². The molecular weight excluding hydrogens is 276 g/mol. The number of rotatable bonds is 5. The molecule has 1 aliphatic rings. The zero-order valence-corrected chi connectivity index (χ0v) is 12.2. The molecule has 1 aromatic rings. The summed E-state index contributed by atoms with van der Waals surface area (Å²) in [7, 11) is 0. The molecule has 1 fully saturated rings. The summed E-state index contributed by atoms with van der Waals surface area (Å²) >= 11 is 0. The summed E-state index contributed by atoms with van der Waals surface area (Å²) in [5, 5.41) is 12.4. The monoisotopic (exact) mass is 297 g/mol. The second kappa shape index (κ2) is 6.52. The molecule has 0 bridgehead atoms. The molecule has 2 rings (SSSR count). The highest BCUT2D eigenvalue weighted by atomic mass is 19.2. The van der Waals surface area contributed by atoms with Crippen LogP contribution in [0.15, 0.2) is 18.2 Å². The fraction of sp³-hybridized carbons (Fsp3) is 0.562. The Morgan fingerprint density at radius 2 is 2.24 bits per heavy atom. The van der Waals surface area contributed by atoms with Gasteiger partial charge in [-0.15, -0.1) is 0 Å². The number of nitrogens with one attached hydrogen (secondary N) is 1. The van der Waals surface area contributed by atoms with Gasteiger partial charge in [0.25, 0.3) is 0 Å². The van der Waals surface area contributed by atoms with E-state index in [-0.39, 0.29) is 42.4 Å². The third-order valence-corrected chi connectivity index (χ3v) is 4.43. The van der Waals surface area contributed by atoms with Crippen LogP contribution in [0.2, 0.25) is 0 Å². The van der Waals surface area contributed by atoms with Gasteiger partial charge in [-0.05, 0) is 30.9 Å². The Morgan fingerprint density at radius 1 is 1.48 bits per heavy atom. The summed E-state index contributed by atoms with van der Waals surface area (Å²) in [4.78, 5) is 12.0. The fourth-order valence-electron chi connectivity index (χ4n) is 2.92. The maximum absolute atomic E-state index is 13.5. The Balaban J connectivity index is 1.89. The molecule has 1 aromatic carbocycles. The van der Waals surface area contributed by atoms with Crippen molar-refractivity contribution in [2.45, 2.75) is 45.1 Å². The molecule has 3 nitrogen and oxygen atoms in total. The molecular formula is C16H21F2NO2. The van der Waals surface area contributed by atoms with Crippen molar-refractivity contribution in [2.75, 3.05) is 6.61 Å². The van der Waals surface area contributed by atoms with Crippen LogP contribution < -0.4 is 5.32 Å². The average Bonchev–Trinajstić information content (AvgIpc) is 2.82. The number of amides is 1. The number of hydrogen-bond acceptors (Lipinski definition) is 2. The van der Waals surface area contributed by atoms with Gasteiger partial charge in [0.1, 0.15) is 0 Å². The minimum atomic E-state index is -0.892. The minimum Gasteiger partial charge on any atom is -0.396 e. The molecule has 0 aromatic heterocycles. The molecule has 0 saturated heterocycles. The van der Waals surface area contributed by atoms with E-state index >= 15 is 0 Å². The number of carbonyl (C=O) groups is 1. The molecule has 5 heteroatoms. The molecule has 2 atom stereocenters. The van der Waals surface area contributed by atoms with Gasteiger partial charge in [0.2, 0.25) is 5.91 Å². The van der Waals surface area contributed by atoms with Gasteiger partial charge in [0, 0.05) is 17.9 Å². The average molecular weight is 297 g/mol. The Hall–Kier alpha value is -1.49. The Morgan fingerprint density at radius 3 is 2.95 bits per heavy atom. The zero-order chi connectivity index (χ0) is 15.5. The van der Waals surface area contributed by atoms with Crippen LogP contribution >= 0.6 is 0 Å². The lowest BCUT2D eigenvalue weighted by Gasteiger charge is -2.30. The van der Waals surface area contributed by atoms with E-state index in [1.165, 1.54) is 12.1 Å². The highest BCUT2D eigenvalue weighted by molar-refractivity contribution is 5.76. The van der Waals surface area contributed by atoms with Gasteiger partial charge >= 0.3 is 0 Å². The zero-order valence-electron chi connectivity index (χ0n) is 12.2. The van der Waals surface area contributed by atoms with Crippen LogP contribution in [0.25, 0.3) is 0 Å². The SMILES string of the molecule is CC1(CO)CCCC1NC(=O)CCc1cccc(F)c1F. The summed E-state index contributed by atoms with van der Waals surface area (Å²) in [5.74, 6) is -1.96. The lowest BCUT2D eigenvalue weighted by Crippen LogP contribution is -2.44. The van der Waals surface area contributed by atoms with Crippen molar-refractivity contribution in [3.05, 3.63) is 35.4 Å². The molecule has 2 unspecified atom stereocenters. The first-order chi connectivity index (χ1) is 9.96. The molecule has 0 spiro atoms. The van der Waals surface area contributed by atoms with E-state index in [0.29, 0.717) is 0 Å². The number of halogens is 2. The first kappa shape index (κ1) is 15.9. The maximum atomic E-state index is 13.5. The van der Waals surface area contributed by atoms with Crippen LogP contribution in [0, 0.1) is 17.0 Å². The van der Waals surface area contributed by atoms with Crippen LogP contribution in [0.4, 0.5) is 8.78 Å². The van der Waals surface area contributed by atoms with Crippen molar-refractivity contribution >= 4 is 5.91 Å². The quantitative estimate of drug-likeness (QED) is 0.877. The number of aliphatic hydroxyl groups excluding tert-OH is 1. The molecule has 2 N–H and O–H groups in total. The van der Waals surface area contributed by atoms with Gasteiger partial charge in [-0.25, -0.2) is 8.78 Å². The molecule has 1 amide bonds. The minimum absolute atomic E-state index is 0.0382. The summed E-state index contributed by atoms with van der Waals surface area (Å²) < 4.78 is 26.6. The number of carbonyl (C=O) groups excluding carboxylic acids is 1. The summed E-state index contributed by atoms with van der Waals surface area (Å²) in [6.45, 7) is 1.99. The van der Waals surface area contributed by atoms with Crippen LogP contribution in [0.5, 0.6) is 0 Å². The second-order valence-corrected chi connectivity index (χ2v) is 6.04. The number of hydrogen-bond donors (Lipinski definition) is 2. The van der Waals surface area contributed by atoms with Crippen molar-refractivity contribution in [3.63, 3.8) is 0 Å². The lowest BCUT2D eigenvalue weighted by atomic mass is 9.85. The van der Waals surface area contributed by atoms with Crippen LogP contribution in [-0.2, 0) is 11.2 Å². The largest absolute Gasteiger partial charge is 0.396 e. The van der Waals surface area contributed by atoms with E-state index in [2.05, 4.69) is 5.32 Å². The Bertz CT molecular complexity index is 521. The normalized spacial score (nSPS) is 25.0. The number of aliphatic hydroxyl groups is 1. The van der Waals surface area contributed by atoms with Crippen molar-refractivity contribution in [1.29, 1.82) is 0 Å². The molecule has 21 heavy (non-hydrogen) atoms. The van der Waals surface area contributed by atoms with Crippen molar-refractivity contribution < 1.29 is 18.7 Å². The standard InChI is InChI=1S/C16H21F2NO2/c1-16(10-20)9-3-6-13(16)19-14(21)8-7-11-4-2-5-12(17)15(11)18/h2,4-5,13,20H,3,6-10H2,1H3,(H,19,21). The van der Waals surface area contributed by atoms with Gasteiger partial charge < -0.3 is 10.4 Å². The smallest absolute Gasteiger partial charge is 0.220 e. The molecule has 0 aliphatic heterocycles. The fourth-order valence-corrected chi connectivity index (χ4v) is 2.92. The summed E-state index contributed by atoms with van der Waals surface area (Å²) in [6.07, 6.45) is 2.97. The van der Waals surface area contributed by atoms with Gasteiger partial charge in [0.15, 0.2) is 11.6 Å². The van der Waals surface area contributed by atoms with Crippen LogP contribution in [-0.4, -0.2) is 23.7 Å². The van der Waals surface area contributed by atoms with E-state index in [4.69, 9.17) is 0 Å². The molecule has 1 aliphatic carbocycles. The number of benzene rings is 1. The predicted molar refractivity (Wildman–Crippen MR) is 75.7 cm³/mol. The van der Waals surface area contributed by atoms with Crippen molar-refractivity contribution in [1.82, 2.24) is 5.32 Å². The topological polar surface area (TPSA) is 49.3 Å². The third kappa shape index (κ3) is 3.59. The summed E-state index contributed by atoms with van der Waals surface area (Å²) in [6, 6.07) is 3.93. The lowest BCUT2D eigenvalue weighted by molar-refractivity contribution is -0.122. The number of aryl methyl sites for hydroxylation is 1. The van der Waals surface area contributed by atoms with Gasteiger partial charge in [-0.1, -0.05) is 25.5 Å². The van der Waals surface area contributed by atoms with Crippen molar-refractivity contribution in [2.24, 2.45) is 5.41 Å². The molecule has 1 saturated carbocycles. The van der Waals surface area contributed by atoms with Crippen LogP contribution in [0.3, 0.4) is 0 Å². The second-order valence-electron chi connectivity index (χ2n) is 6.04. The van der Waals surface area contributed by atoms with Crippen molar-refractivity contribution in [3.8, 4) is 0 Å². The third-order valence-electron chi connectivity index (χ3n) is 4.43. The highest BCUT2D eigenvalue weighted by Crippen LogP contribution is 2.37. The first-order valence-electron chi connectivity index (χ1n) is 7.29. The molecule has 116 valence electrons. The van der Waals surface area contributed by atoms with E-state index in [9.17, 15) is 18.7 Å². The Kier molecular flexibility index (Phi) is 4.93. The van der Waals surface area contributed by atoms with E-state index in [1.807, 2.05) is 6.92 Å². The van der Waals surface area contributed by atoms with Gasteiger partial charge in [-0.3, -0.25) is 4.79 Å². The molecule has 0 heterocycles. The van der Waals surface area contributed by atoms with Crippen LogP contribution in [0.1, 0.15) is 38.2 Å². The van der Waals surface area contributed by atoms with Gasteiger partial charge in [-0.2, -0.15) is 0 Å².